The van der Waals surface area contributed by atoms with Crippen molar-refractivity contribution in [3.8, 4) is 0 Å². The number of carbonyl (C=O) groups excluding carboxylic acids is 3. The average Bonchev–Trinajstić information content (AvgIpc) is 2.64. The highest BCUT2D eigenvalue weighted by Crippen LogP contribution is 2.12. The minimum Gasteiger partial charge on any atom is -0.345 e. The third kappa shape index (κ3) is 5.81. The van der Waals surface area contributed by atoms with Gasteiger partial charge in [-0.15, -0.1) is 0 Å². The second kappa shape index (κ2) is 9.46. The van der Waals surface area contributed by atoms with Gasteiger partial charge in [-0.1, -0.05) is 42.5 Å². The number of hydrogen-bond acceptors (Lipinski definition) is 3. The Kier molecular flexibility index (Phi) is 7.02. The molecule has 2 aromatic carbocycles. The predicted molar refractivity (Wildman–Crippen MR) is 97.3 cm³/mol. The number of carbonyl (C=O) groups is 3. The van der Waals surface area contributed by atoms with Gasteiger partial charge < -0.3 is 10.6 Å². The second-order valence-electron chi connectivity index (χ2n) is 5.90. The van der Waals surface area contributed by atoms with Crippen LogP contribution in [-0.4, -0.2) is 23.6 Å². The molecule has 2 amide bonds. The van der Waals surface area contributed by atoms with E-state index in [4.69, 9.17) is 0 Å². The molecule has 0 spiro atoms. The Morgan fingerprint density at radius 2 is 1.62 bits per heavy atom. The van der Waals surface area contributed by atoms with Crippen LogP contribution >= 0.6 is 0 Å². The Hall–Kier alpha value is -3.02. The van der Waals surface area contributed by atoms with Crippen LogP contribution in [-0.2, 0) is 9.59 Å². The molecule has 26 heavy (non-hydrogen) atoms. The SMILES string of the molecule is CC(NC(=O)CCCC(=O)c1ccccc1)C(=O)Nc1ccccc1F. The molecule has 1 unspecified atom stereocenters. The van der Waals surface area contributed by atoms with Crippen LogP contribution in [0.2, 0.25) is 0 Å². The van der Waals surface area contributed by atoms with Crippen molar-refractivity contribution in [2.45, 2.75) is 32.2 Å². The number of hydrogen-bond donors (Lipinski definition) is 2. The third-order valence-corrected chi connectivity index (χ3v) is 3.81. The monoisotopic (exact) mass is 356 g/mol. The van der Waals surface area contributed by atoms with Crippen LogP contribution in [0.4, 0.5) is 10.1 Å². The molecule has 6 heteroatoms. The minimum absolute atomic E-state index is 0.0243. The van der Waals surface area contributed by atoms with Crippen LogP contribution in [0, 0.1) is 5.82 Å². The standard InChI is InChI=1S/C20H21FN2O3/c1-14(20(26)23-17-11-6-5-10-16(17)21)22-19(25)13-7-12-18(24)15-8-3-2-4-9-15/h2-6,8-11,14H,7,12-13H2,1H3,(H,22,25)(H,23,26). The lowest BCUT2D eigenvalue weighted by atomic mass is 10.1. The smallest absolute Gasteiger partial charge is 0.246 e. The van der Waals surface area contributed by atoms with E-state index in [0.717, 1.165) is 0 Å². The van der Waals surface area contributed by atoms with Crippen LogP contribution in [0.15, 0.2) is 54.6 Å². The molecule has 0 aliphatic heterocycles. The van der Waals surface area contributed by atoms with Gasteiger partial charge in [0.1, 0.15) is 11.9 Å². The Balaban J connectivity index is 1.74. The number of amides is 2. The fourth-order valence-corrected chi connectivity index (χ4v) is 2.36. The Labute approximate surface area is 151 Å². The molecule has 0 saturated carbocycles. The van der Waals surface area contributed by atoms with E-state index < -0.39 is 17.8 Å². The van der Waals surface area contributed by atoms with Gasteiger partial charge in [-0.2, -0.15) is 0 Å². The van der Waals surface area contributed by atoms with Crippen molar-refractivity contribution in [3.63, 3.8) is 0 Å². The maximum Gasteiger partial charge on any atom is 0.246 e. The molecule has 0 heterocycles. The lowest BCUT2D eigenvalue weighted by molar-refractivity contribution is -0.126. The van der Waals surface area contributed by atoms with Gasteiger partial charge in [0.2, 0.25) is 11.8 Å². The predicted octanol–water partition coefficient (Wildman–Crippen LogP) is 3.32. The number of Topliss-reactive ketones (excluding diaryl/α,β-unsaturated/α-hetero) is 1. The molecular formula is C20H21FN2O3. The molecule has 0 aliphatic rings. The number of halogens is 1. The molecule has 5 nitrogen and oxygen atoms in total. The first-order valence-electron chi connectivity index (χ1n) is 8.40. The van der Waals surface area contributed by atoms with Crippen molar-refractivity contribution in [3.05, 3.63) is 66.0 Å². The molecule has 0 fully saturated rings. The van der Waals surface area contributed by atoms with E-state index in [1.165, 1.54) is 25.1 Å². The number of nitrogens with one attached hydrogen (secondary N) is 2. The summed E-state index contributed by atoms with van der Waals surface area (Å²) in [6.07, 6.45) is 0.782. The van der Waals surface area contributed by atoms with Crippen molar-refractivity contribution >= 4 is 23.3 Å². The lowest BCUT2D eigenvalue weighted by Crippen LogP contribution is -2.41. The fraction of sp³-hybridized carbons (Fsp3) is 0.250. The largest absolute Gasteiger partial charge is 0.345 e. The van der Waals surface area contributed by atoms with Gasteiger partial charge in [-0.3, -0.25) is 14.4 Å². The molecule has 2 rings (SSSR count). The number of ketones is 1. The van der Waals surface area contributed by atoms with E-state index in [1.54, 1.807) is 30.3 Å². The zero-order valence-electron chi connectivity index (χ0n) is 14.5. The van der Waals surface area contributed by atoms with E-state index in [-0.39, 0.29) is 30.2 Å². The summed E-state index contributed by atoms with van der Waals surface area (Å²) >= 11 is 0. The quantitative estimate of drug-likeness (QED) is 0.713. The summed E-state index contributed by atoms with van der Waals surface area (Å²) in [5.41, 5.74) is 0.678. The first-order valence-corrected chi connectivity index (χ1v) is 8.40. The molecular weight excluding hydrogens is 335 g/mol. The van der Waals surface area contributed by atoms with Gasteiger partial charge in [-0.05, 0) is 25.5 Å². The van der Waals surface area contributed by atoms with Crippen molar-refractivity contribution in [1.29, 1.82) is 0 Å². The maximum atomic E-state index is 13.5. The lowest BCUT2D eigenvalue weighted by Gasteiger charge is -2.14. The number of rotatable bonds is 8. The van der Waals surface area contributed by atoms with Gasteiger partial charge in [0.15, 0.2) is 5.78 Å². The van der Waals surface area contributed by atoms with Gasteiger partial charge in [0, 0.05) is 18.4 Å². The minimum atomic E-state index is -0.813. The highest BCUT2D eigenvalue weighted by Gasteiger charge is 2.17. The van der Waals surface area contributed by atoms with Crippen LogP contribution in [0.1, 0.15) is 36.5 Å². The molecule has 136 valence electrons. The van der Waals surface area contributed by atoms with Crippen LogP contribution in [0.3, 0.4) is 0 Å². The molecule has 0 saturated heterocycles. The van der Waals surface area contributed by atoms with Crippen LogP contribution < -0.4 is 10.6 Å². The zero-order valence-corrected chi connectivity index (χ0v) is 14.5. The van der Waals surface area contributed by atoms with Gasteiger partial charge in [0.25, 0.3) is 0 Å². The van der Waals surface area contributed by atoms with Crippen LogP contribution in [0.25, 0.3) is 0 Å². The topological polar surface area (TPSA) is 75.3 Å². The Morgan fingerprint density at radius 1 is 0.962 bits per heavy atom. The maximum absolute atomic E-state index is 13.5. The number of para-hydroxylation sites is 1. The van der Waals surface area contributed by atoms with Gasteiger partial charge in [-0.25, -0.2) is 4.39 Å². The van der Waals surface area contributed by atoms with E-state index in [1.807, 2.05) is 6.07 Å². The molecule has 0 aliphatic carbocycles. The van der Waals surface area contributed by atoms with Gasteiger partial charge in [0.05, 0.1) is 5.69 Å². The summed E-state index contributed by atoms with van der Waals surface area (Å²) in [6, 6.07) is 13.9. The third-order valence-electron chi connectivity index (χ3n) is 3.81. The van der Waals surface area contributed by atoms with Crippen molar-refractivity contribution in [1.82, 2.24) is 5.32 Å². The fourth-order valence-electron chi connectivity index (χ4n) is 2.36. The average molecular weight is 356 g/mol. The molecule has 0 bridgehead atoms. The zero-order chi connectivity index (χ0) is 18.9. The summed E-state index contributed by atoms with van der Waals surface area (Å²) in [6.45, 7) is 1.52. The molecule has 0 radical (unpaired) electrons. The Bertz CT molecular complexity index is 778. The summed E-state index contributed by atoms with van der Waals surface area (Å²) in [4.78, 5) is 35.9. The summed E-state index contributed by atoms with van der Waals surface area (Å²) < 4.78 is 13.5. The highest BCUT2D eigenvalue weighted by molar-refractivity contribution is 5.97. The highest BCUT2D eigenvalue weighted by atomic mass is 19.1. The van der Waals surface area contributed by atoms with Crippen LogP contribution in [0.5, 0.6) is 0 Å². The Morgan fingerprint density at radius 3 is 2.31 bits per heavy atom. The van der Waals surface area contributed by atoms with E-state index in [9.17, 15) is 18.8 Å². The summed E-state index contributed by atoms with van der Waals surface area (Å²) in [5, 5.41) is 4.98. The molecule has 2 N–H and O–H groups in total. The number of anilines is 1. The van der Waals surface area contributed by atoms with Crippen molar-refractivity contribution < 1.29 is 18.8 Å². The number of benzene rings is 2. The molecule has 1 atom stereocenters. The summed E-state index contributed by atoms with van der Waals surface area (Å²) in [5.74, 6) is -1.41. The normalized spacial score (nSPS) is 11.5. The van der Waals surface area contributed by atoms with Crippen molar-refractivity contribution in [2.24, 2.45) is 0 Å². The summed E-state index contributed by atoms with van der Waals surface area (Å²) in [7, 11) is 0. The van der Waals surface area contributed by atoms with E-state index >= 15 is 0 Å². The molecule has 0 aromatic heterocycles. The van der Waals surface area contributed by atoms with Crippen molar-refractivity contribution in [2.75, 3.05) is 5.32 Å². The first kappa shape index (κ1) is 19.3. The second-order valence-corrected chi connectivity index (χ2v) is 5.90. The van der Waals surface area contributed by atoms with E-state index in [0.29, 0.717) is 12.0 Å². The van der Waals surface area contributed by atoms with Gasteiger partial charge >= 0.3 is 0 Å². The molecule has 2 aromatic rings. The first-order chi connectivity index (χ1) is 12.5. The van der Waals surface area contributed by atoms with E-state index in [2.05, 4.69) is 10.6 Å².